The second-order valence-corrected chi connectivity index (χ2v) is 18.7. The molecule has 62 heavy (non-hydrogen) atoms. The lowest BCUT2D eigenvalue weighted by molar-refractivity contribution is -0.496. The highest BCUT2D eigenvalue weighted by atomic mass is 32.2. The Bertz CT molecular complexity index is 2100. The van der Waals surface area contributed by atoms with E-state index >= 15 is 0 Å². The van der Waals surface area contributed by atoms with E-state index in [1.807, 2.05) is 0 Å². The van der Waals surface area contributed by atoms with Crippen molar-refractivity contribution < 1.29 is 46.0 Å². The second-order valence-electron chi connectivity index (χ2n) is 17.3. The average Bonchev–Trinajstić information content (AvgIpc) is 3.57. The SMILES string of the molecule is CCC[N+](C)=C1C(=CC=C2N(CCOCCOCCOC)c3ccc(C)cc3C2(C)C)CCC/C1=C\C=C1\N(CCOCCOCCOC)c2ccc(S(=O)(=O)O)cc2C1(C)C. The molecule has 2 aromatic carbocycles. The molecule has 12 nitrogen and oxygen atoms in total. The van der Waals surface area contributed by atoms with Gasteiger partial charge in [0.25, 0.3) is 10.1 Å². The van der Waals surface area contributed by atoms with Gasteiger partial charge in [-0.25, -0.2) is 4.58 Å². The highest BCUT2D eigenvalue weighted by Gasteiger charge is 2.42. The van der Waals surface area contributed by atoms with Gasteiger partial charge in [0.1, 0.15) is 13.6 Å². The van der Waals surface area contributed by atoms with E-state index in [9.17, 15) is 13.0 Å². The molecular formula is C49H72N3O9S+. The summed E-state index contributed by atoms with van der Waals surface area (Å²) in [4.78, 5) is 4.54. The Morgan fingerprint density at radius 3 is 1.60 bits per heavy atom. The molecule has 2 heterocycles. The first-order valence-electron chi connectivity index (χ1n) is 22.1. The number of hydrogen-bond acceptors (Lipinski definition) is 10. The van der Waals surface area contributed by atoms with Crippen LogP contribution in [0.2, 0.25) is 0 Å². The summed E-state index contributed by atoms with van der Waals surface area (Å²) in [6.45, 7) is 20.6. The Labute approximate surface area is 371 Å². The van der Waals surface area contributed by atoms with Crippen LogP contribution in [-0.2, 0) is 49.4 Å². The lowest BCUT2D eigenvalue weighted by Gasteiger charge is -2.27. The van der Waals surface area contributed by atoms with Crippen LogP contribution in [0, 0.1) is 6.92 Å². The molecule has 1 aliphatic carbocycles. The van der Waals surface area contributed by atoms with Gasteiger partial charge in [0.2, 0.25) is 5.71 Å². The van der Waals surface area contributed by atoms with Crippen LogP contribution >= 0.6 is 0 Å². The normalized spacial score (nSPS) is 20.5. The van der Waals surface area contributed by atoms with E-state index in [-0.39, 0.29) is 10.3 Å². The zero-order valence-electron chi connectivity index (χ0n) is 38.8. The van der Waals surface area contributed by atoms with E-state index in [1.54, 1.807) is 26.4 Å². The minimum absolute atomic E-state index is 0.112. The van der Waals surface area contributed by atoms with Crippen LogP contribution in [0.3, 0.4) is 0 Å². The minimum atomic E-state index is -4.39. The van der Waals surface area contributed by atoms with E-state index in [1.165, 1.54) is 45.4 Å². The molecule has 3 aliphatic rings. The summed E-state index contributed by atoms with van der Waals surface area (Å²) < 4.78 is 70.4. The fourth-order valence-electron chi connectivity index (χ4n) is 8.86. The predicted molar refractivity (Wildman–Crippen MR) is 248 cm³/mol. The molecule has 0 atom stereocenters. The highest BCUT2D eigenvalue weighted by molar-refractivity contribution is 7.85. The molecule has 1 saturated carbocycles. The Kier molecular flexibility index (Phi) is 18.2. The standard InChI is InChI=1S/C49H71N3O9S/c1-10-22-50(7)47-38(15-20-45-48(3,4)41-35-37(2)14-18-43(41)51(45)23-25-58-31-33-60-29-27-56-8)12-11-13-39(47)16-21-46-49(5,6)42-36-40(62(53,54)55)17-19-44(42)52(46)24-26-59-32-34-61-30-28-57-9/h14-21,35-36H,10-13,22-34H2,1-9H3/p+1. The summed E-state index contributed by atoms with van der Waals surface area (Å²) in [6.07, 6.45) is 13.1. The van der Waals surface area contributed by atoms with Crippen LogP contribution < -0.4 is 9.80 Å². The van der Waals surface area contributed by atoms with Gasteiger partial charge in [-0.15, -0.1) is 0 Å². The molecule has 0 saturated heterocycles. The van der Waals surface area contributed by atoms with E-state index in [4.69, 9.17) is 28.4 Å². The van der Waals surface area contributed by atoms with Crippen molar-refractivity contribution in [3.05, 3.63) is 99.9 Å². The smallest absolute Gasteiger partial charge is 0.294 e. The quantitative estimate of drug-likeness (QED) is 0.0670. The maximum absolute atomic E-state index is 12.3. The molecule has 0 bridgehead atoms. The van der Waals surface area contributed by atoms with Gasteiger partial charge in [-0.1, -0.05) is 64.5 Å². The zero-order valence-corrected chi connectivity index (χ0v) is 39.6. The summed E-state index contributed by atoms with van der Waals surface area (Å²) in [7, 11) is 1.13. The molecule has 0 unspecified atom stereocenters. The van der Waals surface area contributed by atoms with Crippen molar-refractivity contribution in [2.24, 2.45) is 0 Å². The monoisotopic (exact) mass is 878 g/mol. The Morgan fingerprint density at radius 2 is 1.13 bits per heavy atom. The molecule has 0 aromatic heterocycles. The lowest BCUT2D eigenvalue weighted by Crippen LogP contribution is -2.30. The van der Waals surface area contributed by atoms with Crippen LogP contribution in [0.15, 0.2) is 88.1 Å². The Hall–Kier alpha value is -3.66. The van der Waals surface area contributed by atoms with Crippen molar-refractivity contribution >= 4 is 27.2 Å². The highest BCUT2D eigenvalue weighted by Crippen LogP contribution is 2.49. The number of benzene rings is 2. The summed E-state index contributed by atoms with van der Waals surface area (Å²) in [6, 6.07) is 11.6. The van der Waals surface area contributed by atoms with Gasteiger partial charge in [0, 0.05) is 78.5 Å². The number of aryl methyl sites for hydroxylation is 1. The number of methoxy groups -OCH3 is 2. The van der Waals surface area contributed by atoms with Crippen molar-refractivity contribution in [3.8, 4) is 0 Å². The number of anilines is 2. The summed E-state index contributed by atoms with van der Waals surface area (Å²) in [5, 5.41) is 0. The van der Waals surface area contributed by atoms with Crippen LogP contribution in [0.4, 0.5) is 11.4 Å². The van der Waals surface area contributed by atoms with Gasteiger partial charge >= 0.3 is 0 Å². The average molecular weight is 879 g/mol. The molecule has 342 valence electrons. The summed E-state index contributed by atoms with van der Waals surface area (Å²) >= 11 is 0. The fraction of sp³-hybridized carbons (Fsp3) is 0.571. The van der Waals surface area contributed by atoms with Gasteiger partial charge in [-0.05, 0) is 73.7 Å². The van der Waals surface area contributed by atoms with Crippen molar-refractivity contribution in [2.45, 2.75) is 83.0 Å². The number of rotatable bonds is 23. The van der Waals surface area contributed by atoms with Gasteiger partial charge in [-0.3, -0.25) is 4.55 Å². The first-order chi connectivity index (χ1) is 29.7. The van der Waals surface area contributed by atoms with Gasteiger partial charge in [-0.2, -0.15) is 8.42 Å². The van der Waals surface area contributed by atoms with Crippen LogP contribution in [-0.4, -0.2) is 130 Å². The summed E-state index contributed by atoms with van der Waals surface area (Å²) in [5.41, 5.74) is 10.9. The van der Waals surface area contributed by atoms with E-state index < -0.39 is 15.5 Å². The van der Waals surface area contributed by atoms with Crippen molar-refractivity contribution in [3.63, 3.8) is 0 Å². The molecule has 2 aliphatic heterocycles. The van der Waals surface area contributed by atoms with Crippen LogP contribution in [0.5, 0.6) is 0 Å². The molecule has 1 N–H and O–H groups in total. The number of hydrogen-bond donors (Lipinski definition) is 1. The van der Waals surface area contributed by atoms with Crippen LogP contribution in [0.25, 0.3) is 0 Å². The molecule has 2 aromatic rings. The molecule has 0 amide bonds. The van der Waals surface area contributed by atoms with Crippen molar-refractivity contribution in [2.75, 3.05) is 117 Å². The molecule has 13 heteroatoms. The van der Waals surface area contributed by atoms with E-state index in [2.05, 4.69) is 105 Å². The zero-order chi connectivity index (χ0) is 44.9. The van der Waals surface area contributed by atoms with Crippen molar-refractivity contribution in [1.29, 1.82) is 0 Å². The second kappa shape index (κ2) is 22.8. The molecular weight excluding hydrogens is 807 g/mol. The topological polar surface area (TPSA) is 119 Å². The number of fused-ring (bicyclic) bond motifs is 2. The van der Waals surface area contributed by atoms with E-state index in [0.717, 1.165) is 55.7 Å². The molecule has 5 rings (SSSR count). The van der Waals surface area contributed by atoms with Gasteiger partial charge in [0.05, 0.1) is 71.0 Å². The minimum Gasteiger partial charge on any atom is -0.382 e. The third-order valence-electron chi connectivity index (χ3n) is 12.1. The lowest BCUT2D eigenvalue weighted by atomic mass is 9.82. The Balaban J connectivity index is 1.47. The Morgan fingerprint density at radius 1 is 0.677 bits per heavy atom. The maximum atomic E-state index is 12.3. The maximum Gasteiger partial charge on any atom is 0.294 e. The molecule has 0 radical (unpaired) electrons. The van der Waals surface area contributed by atoms with E-state index in [0.29, 0.717) is 72.6 Å². The number of allylic oxidation sites excluding steroid dienone is 8. The first-order valence-corrected chi connectivity index (χ1v) is 23.6. The largest absolute Gasteiger partial charge is 0.382 e. The first kappa shape index (κ1) is 49.4. The number of nitrogens with zero attached hydrogens (tertiary/aromatic N) is 3. The van der Waals surface area contributed by atoms with Crippen molar-refractivity contribution in [1.82, 2.24) is 0 Å². The molecule has 1 fully saturated rings. The number of ether oxygens (including phenoxy) is 6. The molecule has 0 spiro atoms. The predicted octanol–water partition coefficient (Wildman–Crippen LogP) is 7.79. The summed E-state index contributed by atoms with van der Waals surface area (Å²) in [5.74, 6) is 0. The van der Waals surface area contributed by atoms with Gasteiger partial charge in [0.15, 0.2) is 0 Å². The van der Waals surface area contributed by atoms with Crippen LogP contribution in [0.1, 0.15) is 77.0 Å². The third kappa shape index (κ3) is 12.1. The third-order valence-corrected chi connectivity index (χ3v) is 12.9. The van der Waals surface area contributed by atoms with Gasteiger partial charge < -0.3 is 38.2 Å². The fourth-order valence-corrected chi connectivity index (χ4v) is 9.37.